The van der Waals surface area contributed by atoms with Crippen LogP contribution in [0.3, 0.4) is 0 Å². The summed E-state index contributed by atoms with van der Waals surface area (Å²) in [6, 6.07) is 18.4. The summed E-state index contributed by atoms with van der Waals surface area (Å²) < 4.78 is 6.04. The van der Waals surface area contributed by atoms with Gasteiger partial charge in [0.1, 0.15) is 23.2 Å². The van der Waals surface area contributed by atoms with E-state index in [1.54, 1.807) is 13.0 Å². The van der Waals surface area contributed by atoms with Gasteiger partial charge < -0.3 is 24.6 Å². The second-order valence-corrected chi connectivity index (χ2v) is 9.08. The Balaban J connectivity index is 1.54. The lowest BCUT2D eigenvalue weighted by atomic mass is 10.0. The first-order chi connectivity index (χ1) is 16.9. The molecule has 7 nitrogen and oxygen atoms in total. The molecule has 2 aromatic carbocycles. The fraction of sp³-hybridized carbons (Fsp3) is 0.357. The quantitative estimate of drug-likeness (QED) is 0.398. The predicted molar refractivity (Wildman–Crippen MR) is 139 cm³/mol. The van der Waals surface area contributed by atoms with Gasteiger partial charge in [-0.05, 0) is 61.5 Å². The normalized spacial score (nSPS) is 16.0. The average molecular weight is 473 g/mol. The number of hydrogen-bond donors (Lipinski definition) is 2. The number of nitrogens with zero attached hydrogens (tertiary/aromatic N) is 3. The van der Waals surface area contributed by atoms with E-state index in [1.807, 2.05) is 25.1 Å². The number of anilines is 1. The molecule has 3 aromatic rings. The number of allylic oxidation sites excluding steroid dienone is 1. The van der Waals surface area contributed by atoms with Crippen molar-refractivity contribution >= 4 is 27.9 Å². The third kappa shape index (κ3) is 5.56. The molecule has 1 unspecified atom stereocenters. The van der Waals surface area contributed by atoms with Crippen LogP contribution in [-0.4, -0.2) is 61.8 Å². The summed E-state index contributed by atoms with van der Waals surface area (Å²) in [4.78, 5) is 17.2. The maximum Gasteiger partial charge on any atom is 0.262 e. The standard InChI is InChI=1S/C28H32N4O3/c1-4-24(33)18-30-28(34)25(17-29)19(2)26-9-10-27(35-26)22-6-5-21-16-23(8-7-20(21)15-22)32-13-11-31(3)12-14-32/h5-10,15-16,24,33H,4,11-14,18H2,1-3H3,(H,30,34)/b25-19+. The maximum atomic E-state index is 12.4. The first-order valence-electron chi connectivity index (χ1n) is 12.0. The molecule has 1 atom stereocenters. The largest absolute Gasteiger partial charge is 0.456 e. The Morgan fingerprint density at radius 2 is 1.83 bits per heavy atom. The van der Waals surface area contributed by atoms with Gasteiger partial charge in [0.2, 0.25) is 0 Å². The number of piperazine rings is 1. The molecule has 35 heavy (non-hydrogen) atoms. The minimum absolute atomic E-state index is 0.0239. The van der Waals surface area contributed by atoms with Gasteiger partial charge in [0, 0.05) is 49.5 Å². The molecule has 1 amide bonds. The molecule has 182 valence electrons. The van der Waals surface area contributed by atoms with Gasteiger partial charge in [-0.1, -0.05) is 25.1 Å². The number of nitriles is 1. The first kappa shape index (κ1) is 24.5. The SMILES string of the molecule is CCC(O)CNC(=O)/C(C#N)=C(\C)c1ccc(-c2ccc3cc(N4CCN(C)CC4)ccc3c2)o1. The number of rotatable bonds is 7. The monoisotopic (exact) mass is 472 g/mol. The van der Waals surface area contributed by atoms with E-state index in [9.17, 15) is 15.2 Å². The van der Waals surface area contributed by atoms with Crippen LogP contribution in [0.4, 0.5) is 5.69 Å². The van der Waals surface area contributed by atoms with Crippen molar-refractivity contribution in [2.24, 2.45) is 0 Å². The Hall–Kier alpha value is -3.60. The average Bonchev–Trinajstić information content (AvgIpc) is 3.38. The summed E-state index contributed by atoms with van der Waals surface area (Å²) in [6.07, 6.45) is -0.116. The second-order valence-electron chi connectivity index (χ2n) is 9.08. The van der Waals surface area contributed by atoms with Gasteiger partial charge in [-0.15, -0.1) is 0 Å². The molecule has 1 aliphatic rings. The van der Waals surface area contributed by atoms with Crippen molar-refractivity contribution in [3.63, 3.8) is 0 Å². The van der Waals surface area contributed by atoms with Crippen LogP contribution in [0.25, 0.3) is 27.7 Å². The number of fused-ring (bicyclic) bond motifs is 1. The molecule has 0 radical (unpaired) electrons. The summed E-state index contributed by atoms with van der Waals surface area (Å²) in [5.74, 6) is 0.619. The van der Waals surface area contributed by atoms with Crippen molar-refractivity contribution in [2.75, 3.05) is 44.7 Å². The predicted octanol–water partition coefficient (Wildman–Crippen LogP) is 4.04. The number of hydrogen-bond acceptors (Lipinski definition) is 6. The topological polar surface area (TPSA) is 92.7 Å². The van der Waals surface area contributed by atoms with Gasteiger partial charge in [0.15, 0.2) is 0 Å². The van der Waals surface area contributed by atoms with E-state index in [-0.39, 0.29) is 12.1 Å². The van der Waals surface area contributed by atoms with Gasteiger partial charge in [0.25, 0.3) is 5.91 Å². The molecular weight excluding hydrogens is 440 g/mol. The van der Waals surface area contributed by atoms with E-state index < -0.39 is 12.0 Å². The van der Waals surface area contributed by atoms with Crippen LogP contribution < -0.4 is 10.2 Å². The molecule has 1 aromatic heterocycles. The number of aliphatic hydroxyl groups excluding tert-OH is 1. The molecule has 4 rings (SSSR count). The molecule has 1 fully saturated rings. The Morgan fingerprint density at radius 1 is 1.11 bits per heavy atom. The number of amides is 1. The highest BCUT2D eigenvalue weighted by atomic mass is 16.3. The minimum Gasteiger partial charge on any atom is -0.456 e. The highest BCUT2D eigenvalue weighted by molar-refractivity contribution is 6.04. The Labute approximate surface area is 206 Å². The smallest absolute Gasteiger partial charge is 0.262 e. The molecule has 1 aliphatic heterocycles. The minimum atomic E-state index is -0.639. The fourth-order valence-electron chi connectivity index (χ4n) is 4.21. The van der Waals surface area contributed by atoms with Crippen molar-refractivity contribution < 1.29 is 14.3 Å². The van der Waals surface area contributed by atoms with Crippen LogP contribution in [0.5, 0.6) is 0 Å². The molecule has 2 N–H and O–H groups in total. The van der Waals surface area contributed by atoms with E-state index in [1.165, 1.54) is 11.1 Å². The number of furan rings is 1. The van der Waals surface area contributed by atoms with Crippen LogP contribution in [-0.2, 0) is 4.79 Å². The van der Waals surface area contributed by atoms with E-state index in [4.69, 9.17) is 4.42 Å². The van der Waals surface area contributed by atoms with E-state index in [2.05, 4.69) is 52.5 Å². The number of carbonyl (C=O) groups excluding carboxylic acids is 1. The fourth-order valence-corrected chi connectivity index (χ4v) is 4.21. The number of likely N-dealkylation sites (N-methyl/N-ethyl adjacent to an activating group) is 1. The van der Waals surface area contributed by atoms with Crippen molar-refractivity contribution in [3.8, 4) is 17.4 Å². The molecule has 0 bridgehead atoms. The number of nitrogens with one attached hydrogen (secondary N) is 1. The van der Waals surface area contributed by atoms with E-state index in [0.717, 1.165) is 37.1 Å². The van der Waals surface area contributed by atoms with Crippen LogP contribution in [0.2, 0.25) is 0 Å². The summed E-state index contributed by atoms with van der Waals surface area (Å²) >= 11 is 0. The third-order valence-corrected chi connectivity index (χ3v) is 6.64. The van der Waals surface area contributed by atoms with Crippen molar-refractivity contribution in [2.45, 2.75) is 26.4 Å². The lowest BCUT2D eigenvalue weighted by Gasteiger charge is -2.34. The molecule has 2 heterocycles. The second kappa shape index (κ2) is 10.8. The van der Waals surface area contributed by atoms with Gasteiger partial charge in [-0.3, -0.25) is 4.79 Å². The summed E-state index contributed by atoms with van der Waals surface area (Å²) in [5.41, 5.74) is 2.61. The van der Waals surface area contributed by atoms with Crippen LogP contribution in [0, 0.1) is 11.3 Å². The van der Waals surface area contributed by atoms with Gasteiger partial charge in [-0.2, -0.15) is 5.26 Å². The highest BCUT2D eigenvalue weighted by Gasteiger charge is 2.18. The zero-order valence-electron chi connectivity index (χ0n) is 20.5. The summed E-state index contributed by atoms with van der Waals surface area (Å²) in [6.45, 7) is 7.83. The zero-order valence-corrected chi connectivity index (χ0v) is 20.5. The molecule has 7 heteroatoms. The van der Waals surface area contributed by atoms with Crippen LogP contribution in [0.1, 0.15) is 26.0 Å². The molecule has 1 saturated heterocycles. The van der Waals surface area contributed by atoms with Gasteiger partial charge >= 0.3 is 0 Å². The zero-order chi connectivity index (χ0) is 24.9. The highest BCUT2D eigenvalue weighted by Crippen LogP contribution is 2.31. The Morgan fingerprint density at radius 3 is 2.54 bits per heavy atom. The number of carbonyl (C=O) groups is 1. The molecule has 0 saturated carbocycles. The number of benzene rings is 2. The molecule has 0 spiro atoms. The lowest BCUT2D eigenvalue weighted by Crippen LogP contribution is -2.44. The van der Waals surface area contributed by atoms with Gasteiger partial charge in [-0.25, -0.2) is 0 Å². The van der Waals surface area contributed by atoms with Crippen LogP contribution >= 0.6 is 0 Å². The number of aliphatic hydroxyl groups is 1. The van der Waals surface area contributed by atoms with Crippen LogP contribution in [0.15, 0.2) is 58.5 Å². The van der Waals surface area contributed by atoms with Crippen molar-refractivity contribution in [1.82, 2.24) is 10.2 Å². The Kier molecular flexibility index (Phi) is 7.54. The van der Waals surface area contributed by atoms with Crippen molar-refractivity contribution in [3.05, 3.63) is 59.9 Å². The van der Waals surface area contributed by atoms with Crippen molar-refractivity contribution in [1.29, 1.82) is 5.26 Å². The van der Waals surface area contributed by atoms with Gasteiger partial charge in [0.05, 0.1) is 6.10 Å². The first-order valence-corrected chi connectivity index (χ1v) is 12.0. The maximum absolute atomic E-state index is 12.4. The summed E-state index contributed by atoms with van der Waals surface area (Å²) in [5, 5.41) is 24.1. The Bertz CT molecular complexity index is 1280. The third-order valence-electron chi connectivity index (χ3n) is 6.64. The lowest BCUT2D eigenvalue weighted by molar-refractivity contribution is -0.117. The molecular formula is C28H32N4O3. The van der Waals surface area contributed by atoms with E-state index in [0.29, 0.717) is 23.5 Å². The summed E-state index contributed by atoms with van der Waals surface area (Å²) in [7, 11) is 2.16. The van der Waals surface area contributed by atoms with E-state index >= 15 is 0 Å². The molecule has 0 aliphatic carbocycles.